The maximum absolute atomic E-state index is 13.9. The Balaban J connectivity index is 1.44. The molecule has 4 rings (SSSR count). The summed E-state index contributed by atoms with van der Waals surface area (Å²) in [7, 11) is 1.24. The lowest BCUT2D eigenvalue weighted by Gasteiger charge is -2.35. The van der Waals surface area contributed by atoms with Crippen LogP contribution in [0.5, 0.6) is 0 Å². The standard InChI is InChI=1S/C30H36F3N5O4/c1-29(2,3)42-28(40)38-15-13-37(14-16-38)19-20-9-11-22(12-10-20)35-27-34-18-24(30(31,32)33)26(36-27)23-8-6-5-7-21(23)17-25(39)41-4/h5,7,9-12,18H,6,8,13-17,19H2,1-4H3,(H,34,35,36). The molecule has 2 aromatic rings. The van der Waals surface area contributed by atoms with Crippen LogP contribution in [0.1, 0.15) is 56.9 Å². The van der Waals surface area contributed by atoms with E-state index in [0.29, 0.717) is 62.4 Å². The van der Waals surface area contributed by atoms with Crippen molar-refractivity contribution in [1.82, 2.24) is 19.8 Å². The van der Waals surface area contributed by atoms with Gasteiger partial charge in [-0.2, -0.15) is 13.2 Å². The number of benzene rings is 1. The predicted octanol–water partition coefficient (Wildman–Crippen LogP) is 5.96. The number of allylic oxidation sites excluding steroid dienone is 3. The van der Waals surface area contributed by atoms with E-state index in [2.05, 4.69) is 20.2 Å². The monoisotopic (exact) mass is 587 g/mol. The molecule has 0 atom stereocenters. The number of carbonyl (C=O) groups excluding carboxylic acids is 2. The molecule has 1 aromatic carbocycles. The van der Waals surface area contributed by atoms with Crippen molar-refractivity contribution in [2.75, 3.05) is 38.6 Å². The van der Waals surface area contributed by atoms with Crippen molar-refractivity contribution in [2.24, 2.45) is 0 Å². The molecule has 1 aliphatic heterocycles. The van der Waals surface area contributed by atoms with E-state index in [9.17, 15) is 22.8 Å². The average Bonchev–Trinajstić information content (AvgIpc) is 2.93. The minimum absolute atomic E-state index is 0.0171. The van der Waals surface area contributed by atoms with E-state index in [4.69, 9.17) is 9.47 Å². The van der Waals surface area contributed by atoms with Gasteiger partial charge in [-0.05, 0) is 62.5 Å². The number of nitrogens with zero attached hydrogens (tertiary/aromatic N) is 4. The lowest BCUT2D eigenvalue weighted by molar-refractivity contribution is -0.139. The highest BCUT2D eigenvalue weighted by atomic mass is 19.4. The second-order valence-corrected chi connectivity index (χ2v) is 11.2. The molecule has 0 unspecified atom stereocenters. The minimum Gasteiger partial charge on any atom is -0.469 e. The van der Waals surface area contributed by atoms with Crippen molar-refractivity contribution >= 4 is 29.3 Å². The fraction of sp³-hybridized carbons (Fsp3) is 0.467. The maximum Gasteiger partial charge on any atom is 0.419 e. The number of ether oxygens (including phenoxy) is 2. The normalized spacial score (nSPS) is 16.4. The Labute approximate surface area is 243 Å². The predicted molar refractivity (Wildman–Crippen MR) is 152 cm³/mol. The zero-order valence-corrected chi connectivity index (χ0v) is 24.3. The summed E-state index contributed by atoms with van der Waals surface area (Å²) in [4.78, 5) is 36.4. The number of hydrogen-bond donors (Lipinski definition) is 1. The number of nitrogens with one attached hydrogen (secondary N) is 1. The van der Waals surface area contributed by atoms with Crippen LogP contribution in [0, 0.1) is 0 Å². The number of amides is 1. The summed E-state index contributed by atoms with van der Waals surface area (Å²) >= 11 is 0. The summed E-state index contributed by atoms with van der Waals surface area (Å²) in [6.45, 7) is 8.81. The highest BCUT2D eigenvalue weighted by Gasteiger charge is 2.37. The van der Waals surface area contributed by atoms with Gasteiger partial charge in [-0.1, -0.05) is 24.3 Å². The number of methoxy groups -OCH3 is 1. The van der Waals surface area contributed by atoms with Crippen LogP contribution in [0.3, 0.4) is 0 Å². The molecule has 1 saturated heterocycles. The molecule has 226 valence electrons. The van der Waals surface area contributed by atoms with Crippen molar-refractivity contribution in [3.8, 4) is 0 Å². The van der Waals surface area contributed by atoms with Gasteiger partial charge in [0.15, 0.2) is 0 Å². The van der Waals surface area contributed by atoms with Gasteiger partial charge in [0.2, 0.25) is 5.95 Å². The number of carbonyl (C=O) groups is 2. The molecule has 2 heterocycles. The second-order valence-electron chi connectivity index (χ2n) is 11.2. The molecule has 1 aliphatic carbocycles. The Kier molecular flexibility index (Phi) is 9.55. The Hall–Kier alpha value is -3.93. The third-order valence-corrected chi connectivity index (χ3v) is 6.85. The summed E-state index contributed by atoms with van der Waals surface area (Å²) in [5.41, 5.74) is 0.725. The van der Waals surface area contributed by atoms with Crippen LogP contribution < -0.4 is 5.32 Å². The minimum atomic E-state index is -4.67. The molecule has 0 spiro atoms. The summed E-state index contributed by atoms with van der Waals surface area (Å²) in [6, 6.07) is 7.49. The van der Waals surface area contributed by atoms with Crippen molar-refractivity contribution in [3.63, 3.8) is 0 Å². The summed E-state index contributed by atoms with van der Waals surface area (Å²) < 4.78 is 51.9. The smallest absolute Gasteiger partial charge is 0.419 e. The largest absolute Gasteiger partial charge is 0.469 e. The van der Waals surface area contributed by atoms with Gasteiger partial charge >= 0.3 is 18.2 Å². The average molecular weight is 588 g/mol. The van der Waals surface area contributed by atoms with Gasteiger partial charge in [0, 0.05) is 44.6 Å². The highest BCUT2D eigenvalue weighted by Crippen LogP contribution is 2.39. The van der Waals surface area contributed by atoms with E-state index in [-0.39, 0.29) is 24.2 Å². The topological polar surface area (TPSA) is 96.9 Å². The van der Waals surface area contributed by atoms with Crippen LogP contribution in [0.25, 0.3) is 5.57 Å². The molecule has 2 aliphatic rings. The first-order valence-electron chi connectivity index (χ1n) is 13.8. The molecule has 1 aromatic heterocycles. The van der Waals surface area contributed by atoms with Crippen LogP contribution in [0.15, 0.2) is 48.2 Å². The first kappa shape index (κ1) is 31.0. The van der Waals surface area contributed by atoms with E-state index in [1.54, 1.807) is 11.0 Å². The number of piperazine rings is 1. The molecule has 9 nitrogen and oxygen atoms in total. The third kappa shape index (κ3) is 8.31. The van der Waals surface area contributed by atoms with Gasteiger partial charge in [-0.3, -0.25) is 9.69 Å². The summed E-state index contributed by atoms with van der Waals surface area (Å²) in [6.07, 6.45) is -0.0365. The molecule has 1 amide bonds. The van der Waals surface area contributed by atoms with Gasteiger partial charge in [-0.15, -0.1) is 0 Å². The molecule has 1 fully saturated rings. The number of aromatic nitrogens is 2. The van der Waals surface area contributed by atoms with E-state index in [1.807, 2.05) is 51.1 Å². The Morgan fingerprint density at radius 2 is 1.74 bits per heavy atom. The SMILES string of the molecule is COC(=O)CC1=C(c2nc(Nc3ccc(CN4CCN(C(=O)OC(C)(C)C)CC4)cc3)ncc2C(F)(F)F)CCC=C1. The lowest BCUT2D eigenvalue weighted by atomic mass is 9.91. The Morgan fingerprint density at radius 1 is 1.05 bits per heavy atom. The van der Waals surface area contributed by atoms with Gasteiger partial charge < -0.3 is 19.7 Å². The van der Waals surface area contributed by atoms with Crippen LogP contribution in [0.4, 0.5) is 29.6 Å². The Bertz CT molecular complexity index is 1340. The lowest BCUT2D eigenvalue weighted by Crippen LogP contribution is -2.49. The number of esters is 1. The fourth-order valence-corrected chi connectivity index (χ4v) is 4.75. The van der Waals surface area contributed by atoms with Crippen molar-refractivity contribution in [2.45, 2.75) is 58.4 Å². The first-order valence-corrected chi connectivity index (χ1v) is 13.8. The highest BCUT2D eigenvalue weighted by molar-refractivity contribution is 5.81. The molecule has 12 heteroatoms. The maximum atomic E-state index is 13.9. The van der Waals surface area contributed by atoms with Crippen LogP contribution >= 0.6 is 0 Å². The molecule has 0 saturated carbocycles. The number of halogens is 3. The van der Waals surface area contributed by atoms with E-state index < -0.39 is 23.3 Å². The molecule has 0 radical (unpaired) electrons. The van der Waals surface area contributed by atoms with Crippen molar-refractivity contribution < 1.29 is 32.2 Å². The molecular formula is C30H36F3N5O4. The third-order valence-electron chi connectivity index (χ3n) is 6.85. The zero-order valence-electron chi connectivity index (χ0n) is 24.3. The second kappa shape index (κ2) is 12.9. The van der Waals surface area contributed by atoms with Crippen molar-refractivity contribution in [3.05, 3.63) is 65.0 Å². The molecular weight excluding hydrogens is 551 g/mol. The van der Waals surface area contributed by atoms with E-state index in [1.165, 1.54) is 7.11 Å². The van der Waals surface area contributed by atoms with Crippen LogP contribution in [-0.4, -0.2) is 70.7 Å². The van der Waals surface area contributed by atoms with Gasteiger partial charge in [-0.25, -0.2) is 14.8 Å². The molecule has 0 bridgehead atoms. The first-order chi connectivity index (χ1) is 19.8. The van der Waals surface area contributed by atoms with Crippen LogP contribution in [-0.2, 0) is 27.0 Å². The summed E-state index contributed by atoms with van der Waals surface area (Å²) in [5.74, 6) is -0.525. The molecule has 1 N–H and O–H groups in total. The Morgan fingerprint density at radius 3 is 2.36 bits per heavy atom. The van der Waals surface area contributed by atoms with E-state index >= 15 is 0 Å². The molecule has 42 heavy (non-hydrogen) atoms. The number of anilines is 2. The van der Waals surface area contributed by atoms with Crippen molar-refractivity contribution in [1.29, 1.82) is 0 Å². The van der Waals surface area contributed by atoms with E-state index in [0.717, 1.165) is 11.8 Å². The number of hydrogen-bond acceptors (Lipinski definition) is 8. The summed E-state index contributed by atoms with van der Waals surface area (Å²) in [5, 5.41) is 3.00. The van der Waals surface area contributed by atoms with Gasteiger partial charge in [0.05, 0.1) is 24.8 Å². The van der Waals surface area contributed by atoms with Crippen LogP contribution in [0.2, 0.25) is 0 Å². The quantitative estimate of drug-likeness (QED) is 0.397. The van der Waals surface area contributed by atoms with Gasteiger partial charge in [0.1, 0.15) is 5.60 Å². The number of alkyl halides is 3. The van der Waals surface area contributed by atoms with Gasteiger partial charge in [0.25, 0.3) is 0 Å². The zero-order chi connectivity index (χ0) is 30.5. The number of rotatable bonds is 7. The fourth-order valence-electron chi connectivity index (χ4n) is 4.75.